The molecule has 1 N–H and O–H groups in total. The molecule has 0 saturated carbocycles. The third-order valence-electron chi connectivity index (χ3n) is 4.38. The van der Waals surface area contributed by atoms with E-state index in [0.29, 0.717) is 11.3 Å². The maximum Gasteiger partial charge on any atom is 0.411 e. The molecule has 0 atom stereocenters. The number of hydrogen-bond donors (Lipinski definition) is 1. The zero-order valence-electron chi connectivity index (χ0n) is 14.9. The van der Waals surface area contributed by atoms with Crippen molar-refractivity contribution in [2.24, 2.45) is 0 Å². The first-order valence-corrected chi connectivity index (χ1v) is 8.67. The zero-order valence-corrected chi connectivity index (χ0v) is 14.9. The molecule has 6 heteroatoms. The van der Waals surface area contributed by atoms with Crippen molar-refractivity contribution in [2.75, 3.05) is 38.5 Å². The summed E-state index contributed by atoms with van der Waals surface area (Å²) in [6.07, 6.45) is -0.521. The highest BCUT2D eigenvalue weighted by atomic mass is 16.5. The Bertz CT molecular complexity index is 739. The van der Waals surface area contributed by atoms with Crippen LogP contribution in [-0.2, 0) is 11.3 Å². The summed E-state index contributed by atoms with van der Waals surface area (Å²) in [6.45, 7) is 3.46. The molecule has 0 aromatic heterocycles. The number of nitrogens with one attached hydrogen (secondary N) is 1. The lowest BCUT2D eigenvalue weighted by atomic mass is 10.1. The van der Waals surface area contributed by atoms with Gasteiger partial charge >= 0.3 is 6.09 Å². The van der Waals surface area contributed by atoms with Crippen molar-refractivity contribution in [3.63, 3.8) is 0 Å². The van der Waals surface area contributed by atoms with Gasteiger partial charge in [-0.3, -0.25) is 10.1 Å². The van der Waals surface area contributed by atoms with Crippen molar-refractivity contribution in [1.82, 2.24) is 9.80 Å². The van der Waals surface area contributed by atoms with E-state index >= 15 is 0 Å². The van der Waals surface area contributed by atoms with Gasteiger partial charge < -0.3 is 14.5 Å². The van der Waals surface area contributed by atoms with Crippen LogP contribution < -0.4 is 5.32 Å². The second-order valence-electron chi connectivity index (χ2n) is 6.36. The molecule has 2 aromatic carbocycles. The van der Waals surface area contributed by atoms with Gasteiger partial charge in [-0.15, -0.1) is 0 Å². The minimum absolute atomic E-state index is 0.0244. The lowest BCUT2D eigenvalue weighted by Crippen LogP contribution is -2.47. The van der Waals surface area contributed by atoms with E-state index in [1.807, 2.05) is 35.2 Å². The average molecular weight is 353 g/mol. The van der Waals surface area contributed by atoms with Gasteiger partial charge in [0.15, 0.2) is 0 Å². The maximum atomic E-state index is 12.5. The Labute approximate surface area is 153 Å². The first-order valence-electron chi connectivity index (χ1n) is 8.67. The van der Waals surface area contributed by atoms with Gasteiger partial charge in [-0.1, -0.05) is 30.3 Å². The van der Waals surface area contributed by atoms with Gasteiger partial charge in [0, 0.05) is 37.4 Å². The second kappa shape index (κ2) is 8.49. The van der Waals surface area contributed by atoms with Crippen molar-refractivity contribution >= 4 is 17.7 Å². The highest BCUT2D eigenvalue weighted by Gasteiger charge is 2.20. The van der Waals surface area contributed by atoms with E-state index in [9.17, 15) is 9.59 Å². The van der Waals surface area contributed by atoms with Crippen LogP contribution in [0, 0.1) is 0 Å². The highest BCUT2D eigenvalue weighted by Crippen LogP contribution is 2.13. The van der Waals surface area contributed by atoms with E-state index in [1.54, 1.807) is 24.3 Å². The Morgan fingerprint density at radius 2 is 1.62 bits per heavy atom. The quantitative estimate of drug-likeness (QED) is 0.918. The topological polar surface area (TPSA) is 61.9 Å². The molecule has 0 bridgehead atoms. The monoisotopic (exact) mass is 353 g/mol. The van der Waals surface area contributed by atoms with Gasteiger partial charge in [0.1, 0.15) is 6.61 Å². The van der Waals surface area contributed by atoms with Crippen molar-refractivity contribution in [3.8, 4) is 0 Å². The molecule has 0 unspecified atom stereocenters. The number of nitrogens with zero attached hydrogens (tertiary/aromatic N) is 2. The third-order valence-corrected chi connectivity index (χ3v) is 4.38. The summed E-state index contributed by atoms with van der Waals surface area (Å²) >= 11 is 0. The SMILES string of the molecule is CN1CCN(C(=O)c2ccc(NC(=O)OCc3ccccc3)cc2)CC1. The maximum absolute atomic E-state index is 12.5. The van der Waals surface area contributed by atoms with Gasteiger partial charge in [-0.2, -0.15) is 0 Å². The van der Waals surface area contributed by atoms with Crippen molar-refractivity contribution < 1.29 is 14.3 Å². The van der Waals surface area contributed by atoms with Crippen molar-refractivity contribution in [1.29, 1.82) is 0 Å². The molecule has 0 spiro atoms. The molecule has 2 amide bonds. The van der Waals surface area contributed by atoms with E-state index in [4.69, 9.17) is 4.74 Å². The molecule has 136 valence electrons. The van der Waals surface area contributed by atoms with Crippen LogP contribution >= 0.6 is 0 Å². The van der Waals surface area contributed by atoms with Gasteiger partial charge in [0.2, 0.25) is 0 Å². The van der Waals surface area contributed by atoms with E-state index in [1.165, 1.54) is 0 Å². The van der Waals surface area contributed by atoms with E-state index in [-0.39, 0.29) is 12.5 Å². The van der Waals surface area contributed by atoms with E-state index in [2.05, 4.69) is 17.3 Å². The van der Waals surface area contributed by atoms with E-state index in [0.717, 1.165) is 31.7 Å². The predicted molar refractivity (Wildman–Crippen MR) is 100 cm³/mol. The number of anilines is 1. The molecule has 3 rings (SSSR count). The molecule has 0 radical (unpaired) electrons. The molecule has 0 aliphatic carbocycles. The van der Waals surface area contributed by atoms with Crippen LogP contribution in [0.4, 0.5) is 10.5 Å². The standard InChI is InChI=1S/C20H23N3O3/c1-22-11-13-23(14-12-22)19(24)17-7-9-18(10-8-17)21-20(25)26-15-16-5-3-2-4-6-16/h2-10H,11-15H2,1H3,(H,21,25). The van der Waals surface area contributed by atoms with Crippen LogP contribution in [0.1, 0.15) is 15.9 Å². The Hall–Kier alpha value is -2.86. The lowest BCUT2D eigenvalue weighted by Gasteiger charge is -2.32. The number of likely N-dealkylation sites (N-methyl/N-ethyl adjacent to an activating group) is 1. The third kappa shape index (κ3) is 4.83. The summed E-state index contributed by atoms with van der Waals surface area (Å²) in [4.78, 5) is 28.4. The van der Waals surface area contributed by atoms with Gasteiger partial charge in [0.05, 0.1) is 0 Å². The van der Waals surface area contributed by atoms with Crippen LogP contribution in [0.5, 0.6) is 0 Å². The van der Waals surface area contributed by atoms with Gasteiger partial charge in [-0.25, -0.2) is 4.79 Å². The molecule has 1 aliphatic rings. The number of carbonyl (C=O) groups excluding carboxylic acids is 2. The number of carbonyl (C=O) groups is 2. The zero-order chi connectivity index (χ0) is 18.4. The van der Waals surface area contributed by atoms with Crippen LogP contribution in [0.2, 0.25) is 0 Å². The van der Waals surface area contributed by atoms with Crippen LogP contribution in [0.3, 0.4) is 0 Å². The smallest absolute Gasteiger partial charge is 0.411 e. The predicted octanol–water partition coefficient (Wildman–Crippen LogP) is 2.82. The van der Waals surface area contributed by atoms with Crippen LogP contribution in [-0.4, -0.2) is 55.0 Å². The Kier molecular flexibility index (Phi) is 5.86. The second-order valence-corrected chi connectivity index (χ2v) is 6.36. The van der Waals surface area contributed by atoms with Crippen molar-refractivity contribution in [3.05, 3.63) is 65.7 Å². The first-order chi connectivity index (χ1) is 12.6. The fraction of sp³-hybridized carbons (Fsp3) is 0.300. The summed E-state index contributed by atoms with van der Waals surface area (Å²) in [5.74, 6) is 0.0244. The molecule has 2 aromatic rings. The highest BCUT2D eigenvalue weighted by molar-refractivity contribution is 5.95. The normalized spacial score (nSPS) is 14.7. The molecule has 1 saturated heterocycles. The van der Waals surface area contributed by atoms with Crippen LogP contribution in [0.15, 0.2) is 54.6 Å². The molecular formula is C20H23N3O3. The number of rotatable bonds is 4. The Morgan fingerprint density at radius 1 is 0.962 bits per heavy atom. The summed E-state index contributed by atoms with van der Waals surface area (Å²) < 4.78 is 5.19. The summed E-state index contributed by atoms with van der Waals surface area (Å²) in [5, 5.41) is 2.67. The van der Waals surface area contributed by atoms with Gasteiger partial charge in [0.25, 0.3) is 5.91 Å². The largest absolute Gasteiger partial charge is 0.444 e. The molecule has 6 nitrogen and oxygen atoms in total. The molecular weight excluding hydrogens is 330 g/mol. The number of piperazine rings is 1. The summed E-state index contributed by atoms with van der Waals surface area (Å²) in [7, 11) is 2.05. The summed E-state index contributed by atoms with van der Waals surface area (Å²) in [5.41, 5.74) is 2.14. The first kappa shape index (κ1) is 17.9. The molecule has 1 heterocycles. The van der Waals surface area contributed by atoms with E-state index < -0.39 is 6.09 Å². The van der Waals surface area contributed by atoms with Crippen LogP contribution in [0.25, 0.3) is 0 Å². The number of benzene rings is 2. The minimum atomic E-state index is -0.521. The molecule has 26 heavy (non-hydrogen) atoms. The number of ether oxygens (including phenoxy) is 1. The van der Waals surface area contributed by atoms with Crippen molar-refractivity contribution in [2.45, 2.75) is 6.61 Å². The Balaban J connectivity index is 1.51. The number of amides is 2. The fourth-order valence-electron chi connectivity index (χ4n) is 2.77. The fourth-order valence-corrected chi connectivity index (χ4v) is 2.77. The minimum Gasteiger partial charge on any atom is -0.444 e. The average Bonchev–Trinajstić information content (AvgIpc) is 2.68. The molecule has 1 fully saturated rings. The number of hydrogen-bond acceptors (Lipinski definition) is 4. The summed E-state index contributed by atoms with van der Waals surface area (Å²) in [6, 6.07) is 16.4. The van der Waals surface area contributed by atoms with Gasteiger partial charge in [-0.05, 0) is 36.9 Å². The lowest BCUT2D eigenvalue weighted by molar-refractivity contribution is 0.0664. The Morgan fingerprint density at radius 3 is 2.27 bits per heavy atom. The molecule has 1 aliphatic heterocycles.